The molecule has 1 saturated heterocycles. The summed E-state index contributed by atoms with van der Waals surface area (Å²) < 4.78 is 41.7. The van der Waals surface area contributed by atoms with E-state index in [9.17, 15) is 27.5 Å². The number of nitrogens with zero attached hydrogens (tertiary/aromatic N) is 3. The van der Waals surface area contributed by atoms with Gasteiger partial charge in [-0.1, -0.05) is 0 Å². The third kappa shape index (κ3) is 6.31. The SMILES string of the molecule is CN1CCC(NC(=O)NS(=O)(=O)c2ccc(NC(=O)c3cc(-c4ccc(F)cc4)nn3C)cc2)C(O)C1. The van der Waals surface area contributed by atoms with Gasteiger partial charge in [-0.25, -0.2) is 22.3 Å². The molecule has 3 aromatic rings. The standard InChI is InChI=1S/C24H27FN6O5S/c1-30-12-11-19(22(32)14-30)27-24(34)29-37(35,36)18-9-7-17(8-10-18)26-23(33)21-13-20(28-31(21)2)15-3-5-16(25)6-4-15/h3-10,13,19,22,32H,11-12,14H2,1-2H3,(H,26,33)(H2,27,29,34). The van der Waals surface area contributed by atoms with Gasteiger partial charge in [-0.05, 0) is 74.6 Å². The molecule has 13 heteroatoms. The van der Waals surface area contributed by atoms with Crippen molar-refractivity contribution in [1.82, 2.24) is 24.7 Å². The number of nitrogens with one attached hydrogen (secondary N) is 3. The van der Waals surface area contributed by atoms with E-state index in [4.69, 9.17) is 0 Å². The molecule has 2 heterocycles. The smallest absolute Gasteiger partial charge is 0.329 e. The Balaban J connectivity index is 1.38. The van der Waals surface area contributed by atoms with Crippen molar-refractivity contribution in [3.05, 3.63) is 66.1 Å². The quantitative estimate of drug-likeness (QED) is 0.378. The number of hydrogen-bond donors (Lipinski definition) is 4. The van der Waals surface area contributed by atoms with Gasteiger partial charge in [-0.15, -0.1) is 0 Å². The molecule has 0 aliphatic carbocycles. The largest absolute Gasteiger partial charge is 0.390 e. The fraction of sp³-hybridized carbons (Fsp3) is 0.292. The fourth-order valence-electron chi connectivity index (χ4n) is 3.99. The predicted octanol–water partition coefficient (Wildman–Crippen LogP) is 1.53. The number of carbonyl (C=O) groups excluding carboxylic acids is 2. The van der Waals surface area contributed by atoms with Crippen LogP contribution in [-0.4, -0.2) is 72.4 Å². The second kappa shape index (κ2) is 10.7. The average Bonchev–Trinajstić information content (AvgIpc) is 3.23. The second-order valence-corrected chi connectivity index (χ2v) is 10.5. The number of aryl methyl sites for hydroxylation is 1. The van der Waals surface area contributed by atoms with Crippen LogP contribution in [0.15, 0.2) is 59.5 Å². The number of benzene rings is 2. The van der Waals surface area contributed by atoms with E-state index in [0.717, 1.165) is 0 Å². The monoisotopic (exact) mass is 530 g/mol. The summed E-state index contributed by atoms with van der Waals surface area (Å²) in [7, 11) is -0.739. The number of piperidine rings is 1. The van der Waals surface area contributed by atoms with Crippen LogP contribution in [0, 0.1) is 5.82 Å². The number of rotatable bonds is 6. The Hall–Kier alpha value is -3.81. The number of halogens is 1. The summed E-state index contributed by atoms with van der Waals surface area (Å²) in [6, 6.07) is 11.1. The number of likely N-dealkylation sites (tertiary alicyclic amines) is 1. The van der Waals surface area contributed by atoms with Crippen LogP contribution in [0.25, 0.3) is 11.3 Å². The van der Waals surface area contributed by atoms with E-state index in [-0.39, 0.29) is 16.4 Å². The Kier molecular flexibility index (Phi) is 7.57. The van der Waals surface area contributed by atoms with E-state index >= 15 is 0 Å². The number of carbonyl (C=O) groups is 2. The second-order valence-electron chi connectivity index (χ2n) is 8.83. The maximum Gasteiger partial charge on any atom is 0.329 e. The molecule has 1 fully saturated rings. The van der Waals surface area contributed by atoms with Crippen molar-refractivity contribution < 1.29 is 27.5 Å². The zero-order valence-corrected chi connectivity index (χ0v) is 21.0. The Bertz CT molecular complexity index is 1390. The summed E-state index contributed by atoms with van der Waals surface area (Å²) in [5.74, 6) is -0.858. The lowest BCUT2D eigenvalue weighted by Gasteiger charge is -2.33. The first-order valence-electron chi connectivity index (χ1n) is 11.4. The van der Waals surface area contributed by atoms with E-state index < -0.39 is 34.1 Å². The third-order valence-electron chi connectivity index (χ3n) is 6.00. The summed E-state index contributed by atoms with van der Waals surface area (Å²) in [6.45, 7) is 1.03. The molecule has 37 heavy (non-hydrogen) atoms. The number of β-amino-alcohol motifs (C(OH)–C–C–N with tert-alkyl or cyclic N) is 1. The van der Waals surface area contributed by atoms with Gasteiger partial charge < -0.3 is 20.6 Å². The molecule has 0 saturated carbocycles. The van der Waals surface area contributed by atoms with Crippen LogP contribution in [0.5, 0.6) is 0 Å². The summed E-state index contributed by atoms with van der Waals surface area (Å²) in [5, 5.41) is 19.5. The van der Waals surface area contributed by atoms with Crippen LogP contribution in [0.3, 0.4) is 0 Å². The zero-order valence-electron chi connectivity index (χ0n) is 20.2. The van der Waals surface area contributed by atoms with Crippen molar-refractivity contribution in [1.29, 1.82) is 0 Å². The number of aliphatic hydroxyl groups excluding tert-OH is 1. The van der Waals surface area contributed by atoms with Crippen LogP contribution < -0.4 is 15.4 Å². The van der Waals surface area contributed by atoms with Crippen molar-refractivity contribution >= 4 is 27.6 Å². The minimum atomic E-state index is -4.18. The Labute approximate surface area is 213 Å². The summed E-state index contributed by atoms with van der Waals surface area (Å²) in [5.41, 5.74) is 1.71. The first-order valence-corrected chi connectivity index (χ1v) is 12.9. The first kappa shape index (κ1) is 26.3. The van der Waals surface area contributed by atoms with E-state index in [2.05, 4.69) is 15.7 Å². The van der Waals surface area contributed by atoms with Gasteiger partial charge in [0.15, 0.2) is 0 Å². The minimum Gasteiger partial charge on any atom is -0.390 e. The Morgan fingerprint density at radius 1 is 1.08 bits per heavy atom. The highest BCUT2D eigenvalue weighted by Gasteiger charge is 2.28. The number of anilines is 1. The number of hydrogen-bond acceptors (Lipinski definition) is 7. The van der Waals surface area contributed by atoms with Gasteiger partial charge in [0.05, 0.1) is 22.7 Å². The average molecular weight is 531 g/mol. The first-order chi connectivity index (χ1) is 17.5. The molecule has 1 aromatic heterocycles. The molecule has 2 atom stereocenters. The van der Waals surface area contributed by atoms with Crippen LogP contribution in [0.2, 0.25) is 0 Å². The van der Waals surface area contributed by atoms with E-state index in [1.54, 1.807) is 25.2 Å². The Morgan fingerprint density at radius 2 is 1.76 bits per heavy atom. The number of sulfonamides is 1. The number of amides is 3. The molecule has 2 aromatic carbocycles. The van der Waals surface area contributed by atoms with Crippen molar-refractivity contribution in [3.8, 4) is 11.3 Å². The van der Waals surface area contributed by atoms with Crippen molar-refractivity contribution in [3.63, 3.8) is 0 Å². The van der Waals surface area contributed by atoms with Crippen molar-refractivity contribution in [2.45, 2.75) is 23.5 Å². The fourth-order valence-corrected chi connectivity index (χ4v) is 4.91. The summed E-state index contributed by atoms with van der Waals surface area (Å²) in [4.78, 5) is 26.7. The summed E-state index contributed by atoms with van der Waals surface area (Å²) >= 11 is 0. The molecular formula is C24H27FN6O5S. The highest BCUT2D eigenvalue weighted by Crippen LogP contribution is 2.21. The van der Waals surface area contributed by atoms with Crippen LogP contribution >= 0.6 is 0 Å². The van der Waals surface area contributed by atoms with Gasteiger partial charge in [0.1, 0.15) is 11.5 Å². The van der Waals surface area contributed by atoms with E-state index in [0.29, 0.717) is 36.5 Å². The molecule has 3 amide bonds. The van der Waals surface area contributed by atoms with E-state index in [1.807, 2.05) is 16.7 Å². The molecule has 1 aliphatic rings. The lowest BCUT2D eigenvalue weighted by molar-refractivity contribution is 0.0558. The molecule has 196 valence electrons. The molecule has 4 rings (SSSR count). The molecular weight excluding hydrogens is 503 g/mol. The molecule has 1 aliphatic heterocycles. The van der Waals surface area contributed by atoms with Crippen molar-refractivity contribution in [2.24, 2.45) is 7.05 Å². The normalized spacial score (nSPS) is 18.3. The van der Waals surface area contributed by atoms with Crippen LogP contribution in [-0.2, 0) is 17.1 Å². The number of urea groups is 1. The zero-order chi connectivity index (χ0) is 26.7. The van der Waals surface area contributed by atoms with Gasteiger partial charge >= 0.3 is 6.03 Å². The van der Waals surface area contributed by atoms with Gasteiger partial charge in [0.2, 0.25) is 0 Å². The molecule has 2 unspecified atom stereocenters. The van der Waals surface area contributed by atoms with Gasteiger partial charge in [0.25, 0.3) is 15.9 Å². The van der Waals surface area contributed by atoms with Gasteiger partial charge in [-0.3, -0.25) is 9.48 Å². The molecule has 4 N–H and O–H groups in total. The van der Waals surface area contributed by atoms with Crippen LogP contribution in [0.1, 0.15) is 16.9 Å². The minimum absolute atomic E-state index is 0.177. The van der Waals surface area contributed by atoms with E-state index in [1.165, 1.54) is 41.1 Å². The maximum atomic E-state index is 13.2. The summed E-state index contributed by atoms with van der Waals surface area (Å²) in [6.07, 6.45) is -0.317. The topological polar surface area (TPSA) is 146 Å². The molecule has 0 radical (unpaired) electrons. The number of likely N-dealkylation sites (N-methyl/N-ethyl adjacent to an activating group) is 1. The molecule has 0 bridgehead atoms. The molecule has 11 nitrogen and oxygen atoms in total. The van der Waals surface area contributed by atoms with Gasteiger partial charge in [0, 0.05) is 24.8 Å². The lowest BCUT2D eigenvalue weighted by Crippen LogP contribution is -2.55. The van der Waals surface area contributed by atoms with Crippen molar-refractivity contribution in [2.75, 3.05) is 25.5 Å². The maximum absolute atomic E-state index is 13.2. The lowest BCUT2D eigenvalue weighted by atomic mass is 10.0. The molecule has 0 spiro atoms. The third-order valence-corrected chi connectivity index (χ3v) is 7.35. The van der Waals surface area contributed by atoms with Gasteiger partial charge in [-0.2, -0.15) is 5.10 Å². The Morgan fingerprint density at radius 3 is 2.41 bits per heavy atom. The predicted molar refractivity (Wildman–Crippen MR) is 134 cm³/mol. The number of aliphatic hydroxyl groups is 1. The highest BCUT2D eigenvalue weighted by atomic mass is 32.2. The highest BCUT2D eigenvalue weighted by molar-refractivity contribution is 7.90. The number of aromatic nitrogens is 2. The van der Waals surface area contributed by atoms with Crippen LogP contribution in [0.4, 0.5) is 14.9 Å².